The first-order valence-corrected chi connectivity index (χ1v) is 19.8. The van der Waals surface area contributed by atoms with Crippen LogP contribution in [0.4, 0.5) is 0 Å². The van der Waals surface area contributed by atoms with Gasteiger partial charge in [-0.15, -0.1) is 36.4 Å². The summed E-state index contributed by atoms with van der Waals surface area (Å²) in [5.41, 5.74) is 10.4. The van der Waals surface area contributed by atoms with Crippen molar-refractivity contribution in [1.29, 1.82) is 0 Å². The summed E-state index contributed by atoms with van der Waals surface area (Å²) in [6.07, 6.45) is 6.13. The maximum atomic E-state index is 11.2. The molecule has 9 rings (SSSR count). The molecule has 0 bridgehead atoms. The van der Waals surface area contributed by atoms with Crippen molar-refractivity contribution in [2.75, 3.05) is 0 Å². The molecule has 0 aliphatic rings. The summed E-state index contributed by atoms with van der Waals surface area (Å²) >= 11 is 0. The number of aromatic nitrogens is 4. The number of furan rings is 2. The number of nitrogens with zero attached hydrogens (tertiary/aromatic N) is 4. The second-order valence-corrected chi connectivity index (χ2v) is 15.3. The molecular weight excluding hydrogens is 925 g/mol. The van der Waals surface area contributed by atoms with Gasteiger partial charge in [0.15, 0.2) is 5.78 Å². The Morgan fingerprint density at radius 3 is 1.68 bits per heavy atom. The molecule has 1 radical (unpaired) electrons. The molecule has 60 heavy (non-hydrogen) atoms. The van der Waals surface area contributed by atoms with Crippen LogP contribution in [0.3, 0.4) is 0 Å². The van der Waals surface area contributed by atoms with E-state index < -0.39 is 0 Å². The third-order valence-electron chi connectivity index (χ3n) is 9.48. The summed E-state index contributed by atoms with van der Waals surface area (Å²) in [5, 5.41) is 13.5. The summed E-state index contributed by atoms with van der Waals surface area (Å²) in [7, 11) is 0. The number of carbonyl (C=O) groups is 1. The van der Waals surface area contributed by atoms with Crippen molar-refractivity contribution in [2.24, 2.45) is 11.8 Å². The number of fused-ring (bicyclic) bond motifs is 6. The van der Waals surface area contributed by atoms with Crippen LogP contribution in [0, 0.1) is 37.8 Å². The standard InChI is InChI=1S/C23H15N2O.C17H11N2O.C11H20O2.Ir/c1-15-10-12-19-18-8-5-9-20(22(18)26-23(19)25-15)21-13-11-17(14-24-21)16-6-3-2-4-7-16;1-11-8-9-13-12-5-4-6-14(15-7-2-3-10-18-15)16(12)20-17(13)19-11;1-8(2)5-10(12)7-11(13)6-9(3)4;/h2-8,10-14H,1H3;2-5,7-10H,1H3;7-9,12H,5-6H2,1-4H3;/q2*-1;;/b;;10-7-;. The smallest absolute Gasteiger partial charge is 0.216 e. The minimum atomic E-state index is 0. The average molecular weight is 971 g/mol. The molecule has 305 valence electrons. The Morgan fingerprint density at radius 2 is 1.18 bits per heavy atom. The Bertz CT molecular complexity index is 2880. The Morgan fingerprint density at radius 1 is 0.633 bits per heavy atom. The topological polar surface area (TPSA) is 115 Å². The fraction of sp³-hybridized carbons (Fsp3) is 0.196. The first-order valence-electron chi connectivity index (χ1n) is 19.8. The Labute approximate surface area is 363 Å². The molecule has 6 aromatic heterocycles. The molecule has 0 spiro atoms. The first kappa shape index (κ1) is 43.3. The summed E-state index contributed by atoms with van der Waals surface area (Å²) in [5.74, 6) is 0.979. The van der Waals surface area contributed by atoms with E-state index in [9.17, 15) is 9.90 Å². The van der Waals surface area contributed by atoms with Gasteiger partial charge in [-0.05, 0) is 78.5 Å². The number of ketones is 1. The van der Waals surface area contributed by atoms with E-state index in [1.165, 1.54) is 6.08 Å². The van der Waals surface area contributed by atoms with Crippen LogP contribution in [0.2, 0.25) is 0 Å². The molecule has 3 aromatic carbocycles. The van der Waals surface area contributed by atoms with Crippen LogP contribution in [0.15, 0.2) is 142 Å². The van der Waals surface area contributed by atoms with Crippen molar-refractivity contribution >= 4 is 49.9 Å². The number of carbonyl (C=O) groups excluding carboxylic acids is 1. The molecule has 0 saturated heterocycles. The molecule has 0 saturated carbocycles. The van der Waals surface area contributed by atoms with E-state index in [1.54, 1.807) is 6.20 Å². The number of pyridine rings is 4. The van der Waals surface area contributed by atoms with Crippen molar-refractivity contribution in [3.8, 4) is 33.6 Å². The van der Waals surface area contributed by atoms with Gasteiger partial charge in [-0.1, -0.05) is 104 Å². The zero-order valence-electron chi connectivity index (χ0n) is 34.5. The zero-order valence-corrected chi connectivity index (χ0v) is 36.9. The summed E-state index contributed by atoms with van der Waals surface area (Å²) in [6, 6.07) is 42.6. The van der Waals surface area contributed by atoms with Crippen LogP contribution in [-0.2, 0) is 24.9 Å². The number of allylic oxidation sites excluding steroid dienone is 2. The van der Waals surface area contributed by atoms with Gasteiger partial charge in [0.2, 0.25) is 11.4 Å². The molecule has 0 aliphatic carbocycles. The Kier molecular flexibility index (Phi) is 14.2. The minimum Gasteiger partial charge on any atom is -0.512 e. The maximum absolute atomic E-state index is 11.2. The van der Waals surface area contributed by atoms with Gasteiger partial charge in [0.1, 0.15) is 0 Å². The van der Waals surface area contributed by atoms with E-state index in [4.69, 9.17) is 8.83 Å². The third-order valence-corrected chi connectivity index (χ3v) is 9.48. The number of benzene rings is 3. The maximum Gasteiger partial charge on any atom is 0.216 e. The second-order valence-electron chi connectivity index (χ2n) is 15.3. The van der Waals surface area contributed by atoms with E-state index in [1.807, 2.05) is 133 Å². The summed E-state index contributed by atoms with van der Waals surface area (Å²) in [6.45, 7) is 11.9. The monoisotopic (exact) mass is 971 g/mol. The van der Waals surface area contributed by atoms with Crippen LogP contribution in [-0.4, -0.2) is 30.8 Å². The molecule has 0 unspecified atom stereocenters. The van der Waals surface area contributed by atoms with Gasteiger partial charge in [-0.3, -0.25) is 4.79 Å². The number of aliphatic hydroxyl groups excluding tert-OH is 1. The predicted molar refractivity (Wildman–Crippen MR) is 237 cm³/mol. The van der Waals surface area contributed by atoms with Crippen LogP contribution in [0.1, 0.15) is 51.9 Å². The molecule has 0 amide bonds. The number of aliphatic hydroxyl groups is 1. The quantitative estimate of drug-likeness (QED) is 0.0909. The molecular formula is C51H46IrN4O4-2. The molecule has 1 N–H and O–H groups in total. The normalized spacial score (nSPS) is 11.4. The van der Waals surface area contributed by atoms with Crippen LogP contribution >= 0.6 is 0 Å². The number of hydrogen-bond donors (Lipinski definition) is 1. The minimum absolute atomic E-state index is 0. The Balaban J connectivity index is 0.000000159. The van der Waals surface area contributed by atoms with Crippen LogP contribution in [0.25, 0.3) is 77.8 Å². The predicted octanol–water partition coefficient (Wildman–Crippen LogP) is 13.1. The van der Waals surface area contributed by atoms with Crippen LogP contribution in [0.5, 0.6) is 0 Å². The third kappa shape index (κ3) is 10.3. The van der Waals surface area contributed by atoms with Crippen molar-refractivity contribution < 1.29 is 38.8 Å². The van der Waals surface area contributed by atoms with E-state index in [-0.39, 0.29) is 31.6 Å². The van der Waals surface area contributed by atoms with E-state index >= 15 is 0 Å². The summed E-state index contributed by atoms with van der Waals surface area (Å²) in [4.78, 5) is 29.2. The van der Waals surface area contributed by atoms with E-state index in [0.717, 1.165) is 77.7 Å². The van der Waals surface area contributed by atoms with Crippen molar-refractivity contribution in [2.45, 2.75) is 54.4 Å². The van der Waals surface area contributed by atoms with Crippen molar-refractivity contribution in [1.82, 2.24) is 19.9 Å². The molecule has 0 fully saturated rings. The largest absolute Gasteiger partial charge is 0.512 e. The van der Waals surface area contributed by atoms with Gasteiger partial charge in [-0.25, -0.2) is 9.97 Å². The van der Waals surface area contributed by atoms with Crippen molar-refractivity contribution in [3.63, 3.8) is 0 Å². The van der Waals surface area contributed by atoms with Gasteiger partial charge in [-0.2, -0.15) is 0 Å². The average Bonchev–Trinajstić information content (AvgIpc) is 3.79. The van der Waals surface area contributed by atoms with E-state index in [0.29, 0.717) is 36.1 Å². The molecule has 9 heteroatoms. The number of rotatable bonds is 8. The van der Waals surface area contributed by atoms with Crippen molar-refractivity contribution in [3.05, 3.63) is 157 Å². The zero-order chi connectivity index (χ0) is 41.5. The second kappa shape index (κ2) is 19.6. The number of hydrogen-bond acceptors (Lipinski definition) is 8. The fourth-order valence-corrected chi connectivity index (χ4v) is 6.79. The number of aryl methyl sites for hydroxylation is 2. The molecule has 6 heterocycles. The molecule has 0 aliphatic heterocycles. The van der Waals surface area contributed by atoms with E-state index in [2.05, 4.69) is 56.3 Å². The summed E-state index contributed by atoms with van der Waals surface area (Å²) < 4.78 is 12.0. The van der Waals surface area contributed by atoms with Gasteiger partial charge >= 0.3 is 0 Å². The van der Waals surface area contributed by atoms with Gasteiger partial charge < -0.3 is 23.9 Å². The van der Waals surface area contributed by atoms with Gasteiger partial charge in [0, 0.05) is 73.6 Å². The molecule has 9 aromatic rings. The molecule has 8 nitrogen and oxygen atoms in total. The SMILES string of the molecule is CC(C)CC(=O)/C=C(\O)CC(C)C.Cc1ccc2c(n1)oc1c(-c3ccc(-c4ccccc4)cn3)[c-]ccc12.Cc1ccc2c(n1)oc1c(-c3ccccn3)[c-]ccc12.[Ir]. The first-order chi connectivity index (χ1) is 28.5. The van der Waals surface area contributed by atoms with Crippen LogP contribution < -0.4 is 0 Å². The fourth-order valence-electron chi connectivity index (χ4n) is 6.79. The van der Waals surface area contributed by atoms with Gasteiger partial charge in [0.25, 0.3) is 0 Å². The Hall–Kier alpha value is -6.28. The van der Waals surface area contributed by atoms with Gasteiger partial charge in [0.05, 0.1) is 16.9 Å². The molecule has 0 atom stereocenters.